The first-order valence-corrected chi connectivity index (χ1v) is 15.5. The van der Waals surface area contributed by atoms with E-state index in [-0.39, 0.29) is 30.0 Å². The van der Waals surface area contributed by atoms with E-state index in [0.717, 1.165) is 29.5 Å². The number of nitro groups is 2. The molecule has 12 heteroatoms. The lowest BCUT2D eigenvalue weighted by Gasteiger charge is -2.32. The summed E-state index contributed by atoms with van der Waals surface area (Å²) >= 11 is 2.99. The van der Waals surface area contributed by atoms with Crippen molar-refractivity contribution in [2.24, 2.45) is 0 Å². The average molecular weight is 683 g/mol. The number of allylic oxidation sites excluding steroid dienone is 2. The largest absolute Gasteiger partial charge is 0.495 e. The minimum atomic E-state index is -0.538. The highest BCUT2D eigenvalue weighted by Gasteiger charge is 2.52. The summed E-state index contributed by atoms with van der Waals surface area (Å²) in [6, 6.07) is 18.9. The number of benzene rings is 2. The maximum Gasteiger partial charge on any atom is 0.495 e. The molecule has 0 N–H and O–H groups in total. The Bertz CT molecular complexity index is 1840. The van der Waals surface area contributed by atoms with Gasteiger partial charge in [-0.2, -0.15) is 0 Å². The molecule has 0 bridgehead atoms. The highest BCUT2D eigenvalue weighted by atomic mass is 79.9. The van der Waals surface area contributed by atoms with Gasteiger partial charge < -0.3 is 29.5 Å². The zero-order valence-electron chi connectivity index (χ0n) is 25.8. The van der Waals surface area contributed by atoms with Crippen molar-refractivity contribution >= 4 is 52.3 Å². The number of aromatic nitrogens is 2. The van der Waals surface area contributed by atoms with Crippen LogP contribution in [0.1, 0.15) is 49.9 Å². The molecule has 0 radical (unpaired) electrons. The smallest absolute Gasteiger partial charge is 0.399 e. The molecule has 1 fully saturated rings. The van der Waals surface area contributed by atoms with Gasteiger partial charge in [0.25, 0.3) is 0 Å². The fourth-order valence-corrected chi connectivity index (χ4v) is 5.72. The Balaban J connectivity index is 0.000000142. The first-order valence-electron chi connectivity index (χ1n) is 14.7. The molecule has 46 heavy (non-hydrogen) atoms. The monoisotopic (exact) mass is 682 g/mol. The molecular formula is C34H32BBrN4O6. The molecule has 7 rings (SSSR count). The lowest BCUT2D eigenvalue weighted by Crippen LogP contribution is -2.41. The first-order chi connectivity index (χ1) is 21.9. The van der Waals surface area contributed by atoms with Crippen LogP contribution in [-0.4, -0.2) is 38.1 Å². The summed E-state index contributed by atoms with van der Waals surface area (Å²) in [5.74, 6) is -0.236. The predicted molar refractivity (Wildman–Crippen MR) is 183 cm³/mol. The van der Waals surface area contributed by atoms with Crippen LogP contribution in [0.25, 0.3) is 23.3 Å². The summed E-state index contributed by atoms with van der Waals surface area (Å²) in [5, 5.41) is 21.2. The fourth-order valence-electron chi connectivity index (χ4n) is 5.32. The van der Waals surface area contributed by atoms with Crippen molar-refractivity contribution in [3.8, 4) is 11.1 Å². The van der Waals surface area contributed by atoms with Crippen LogP contribution in [0, 0.1) is 20.2 Å². The van der Waals surface area contributed by atoms with Gasteiger partial charge in [-0.1, -0.05) is 60.7 Å². The van der Waals surface area contributed by atoms with E-state index in [1.54, 1.807) is 24.3 Å². The molecule has 0 atom stereocenters. The lowest BCUT2D eigenvalue weighted by molar-refractivity contribution is -0.390. The SMILES string of the molecule is CC1(C)OB(c2cccc3c2CC=C3)OC1(C)C.O=[N+]([O-])c1ncccc1-c1cccc2c1CC=C2.O=[N+]([O-])c1ncccc1Br. The molecule has 1 saturated heterocycles. The minimum absolute atomic E-state index is 0.0854. The summed E-state index contributed by atoms with van der Waals surface area (Å²) in [6.45, 7) is 8.37. The molecule has 10 nitrogen and oxygen atoms in total. The molecule has 3 aliphatic rings. The third kappa shape index (κ3) is 6.84. The predicted octanol–water partition coefficient (Wildman–Crippen LogP) is 7.53. The number of rotatable bonds is 4. The Morgan fingerprint density at radius 2 is 1.24 bits per heavy atom. The van der Waals surface area contributed by atoms with Crippen molar-refractivity contribution in [1.82, 2.24) is 9.97 Å². The molecule has 0 amide bonds. The molecule has 0 unspecified atom stereocenters. The number of nitrogens with zero attached hydrogens (tertiary/aromatic N) is 4. The van der Waals surface area contributed by atoms with E-state index < -0.39 is 9.85 Å². The summed E-state index contributed by atoms with van der Waals surface area (Å²) in [4.78, 5) is 27.6. The highest BCUT2D eigenvalue weighted by molar-refractivity contribution is 9.10. The van der Waals surface area contributed by atoms with E-state index in [9.17, 15) is 20.2 Å². The molecule has 3 heterocycles. The Morgan fingerprint density at radius 3 is 1.83 bits per heavy atom. The van der Waals surface area contributed by atoms with Crippen molar-refractivity contribution in [3.63, 3.8) is 0 Å². The second-order valence-corrected chi connectivity index (χ2v) is 12.6. The van der Waals surface area contributed by atoms with Crippen molar-refractivity contribution in [1.29, 1.82) is 0 Å². The zero-order valence-corrected chi connectivity index (χ0v) is 27.4. The van der Waals surface area contributed by atoms with Crippen LogP contribution in [0.3, 0.4) is 0 Å². The second-order valence-electron chi connectivity index (χ2n) is 11.8. The summed E-state index contributed by atoms with van der Waals surface area (Å²) < 4.78 is 12.7. The van der Waals surface area contributed by atoms with E-state index in [1.165, 1.54) is 29.0 Å². The van der Waals surface area contributed by atoms with E-state index >= 15 is 0 Å². The number of halogens is 1. The first kappa shape index (κ1) is 32.9. The molecule has 1 aliphatic heterocycles. The molecule has 2 aliphatic carbocycles. The quantitative estimate of drug-likeness (QED) is 0.123. The van der Waals surface area contributed by atoms with E-state index in [1.807, 2.05) is 24.3 Å². The van der Waals surface area contributed by atoms with Crippen LogP contribution in [0.2, 0.25) is 0 Å². The lowest BCUT2D eigenvalue weighted by atomic mass is 9.75. The maximum atomic E-state index is 11.0. The van der Waals surface area contributed by atoms with Crippen molar-refractivity contribution < 1.29 is 19.2 Å². The average Bonchev–Trinajstić information content (AvgIpc) is 3.75. The zero-order chi connectivity index (χ0) is 33.1. The molecular weight excluding hydrogens is 651 g/mol. The van der Waals surface area contributed by atoms with Gasteiger partial charge in [-0.05, 0) is 134 Å². The maximum absolute atomic E-state index is 11.0. The Hall–Kier alpha value is -4.52. The molecule has 2 aromatic heterocycles. The summed E-state index contributed by atoms with van der Waals surface area (Å²) in [7, 11) is -0.246. The van der Waals surface area contributed by atoms with Crippen molar-refractivity contribution in [2.75, 3.05) is 0 Å². The van der Waals surface area contributed by atoms with Gasteiger partial charge in [-0.15, -0.1) is 0 Å². The van der Waals surface area contributed by atoms with Crippen molar-refractivity contribution in [3.05, 3.63) is 132 Å². The van der Waals surface area contributed by atoms with Gasteiger partial charge in [0.15, 0.2) is 0 Å². The van der Waals surface area contributed by atoms with Gasteiger partial charge >= 0.3 is 18.8 Å². The summed E-state index contributed by atoms with van der Waals surface area (Å²) in [5.41, 5.74) is 7.02. The number of hydrogen-bond acceptors (Lipinski definition) is 8. The van der Waals surface area contributed by atoms with E-state index in [4.69, 9.17) is 9.31 Å². The van der Waals surface area contributed by atoms with Gasteiger partial charge in [0, 0.05) is 0 Å². The van der Waals surface area contributed by atoms with Gasteiger partial charge in [0.05, 0.1) is 16.8 Å². The van der Waals surface area contributed by atoms with Gasteiger partial charge in [-0.25, -0.2) is 0 Å². The molecule has 234 valence electrons. The fraction of sp³-hybridized carbons (Fsp3) is 0.235. The molecule has 4 aromatic rings. The molecule has 0 saturated carbocycles. The van der Waals surface area contributed by atoms with Crippen molar-refractivity contribution in [2.45, 2.75) is 51.7 Å². The Kier molecular flexibility index (Phi) is 9.62. The van der Waals surface area contributed by atoms with Crippen LogP contribution >= 0.6 is 15.9 Å². The third-order valence-corrected chi connectivity index (χ3v) is 8.99. The van der Waals surface area contributed by atoms with Gasteiger partial charge in [0.2, 0.25) is 0 Å². The van der Waals surface area contributed by atoms with E-state index in [0.29, 0.717) is 10.0 Å². The highest BCUT2D eigenvalue weighted by Crippen LogP contribution is 2.37. The molecule has 0 spiro atoms. The summed E-state index contributed by atoms with van der Waals surface area (Å²) in [6.07, 6.45) is 13.1. The van der Waals surface area contributed by atoms with Crippen LogP contribution in [0.5, 0.6) is 0 Å². The minimum Gasteiger partial charge on any atom is -0.399 e. The van der Waals surface area contributed by atoms with Crippen LogP contribution < -0.4 is 5.46 Å². The topological polar surface area (TPSA) is 131 Å². The Labute approximate surface area is 275 Å². The second kappa shape index (κ2) is 13.5. The van der Waals surface area contributed by atoms with Crippen LogP contribution in [0.15, 0.2) is 89.7 Å². The number of fused-ring (bicyclic) bond motifs is 2. The van der Waals surface area contributed by atoms with Crippen LogP contribution in [-0.2, 0) is 22.2 Å². The normalized spacial score (nSPS) is 16.1. The standard InChI is InChI=1S/C15H19BO2.C14H10N2O2.C5H3BrN2O2/c1-14(2)15(3,4)18-16(17-14)13-10-6-8-11-7-5-9-12(11)13;17-16(18)14-13(8-3-9-15-14)12-7-2-5-10-4-1-6-11(10)12;6-4-2-1-3-7-5(4)8(9)10/h5-8,10H,9H2,1-4H3;1-5,7-9H,6H2;1-3H. The van der Waals surface area contributed by atoms with Gasteiger partial charge in [0.1, 0.15) is 16.9 Å². The molecule has 2 aromatic carbocycles. The number of pyridine rings is 2. The van der Waals surface area contributed by atoms with Gasteiger partial charge in [-0.3, -0.25) is 0 Å². The number of hydrogen-bond donors (Lipinski definition) is 0. The van der Waals surface area contributed by atoms with E-state index in [2.05, 4.69) is 90.0 Å². The Morgan fingerprint density at radius 1 is 0.717 bits per heavy atom. The third-order valence-electron chi connectivity index (χ3n) is 8.37. The van der Waals surface area contributed by atoms with Crippen LogP contribution in [0.4, 0.5) is 11.6 Å².